The third kappa shape index (κ3) is 4.32. The minimum atomic E-state index is -0.0235. The molecule has 3 rings (SSSR count). The second-order valence-corrected chi connectivity index (χ2v) is 6.24. The van der Waals surface area contributed by atoms with E-state index in [1.54, 1.807) is 17.8 Å². The molecule has 0 unspecified atom stereocenters. The van der Waals surface area contributed by atoms with Gasteiger partial charge < -0.3 is 20.5 Å². The maximum Gasteiger partial charge on any atom is 0.225 e. The molecule has 1 aliphatic rings. The number of nitrogens with two attached hydrogens (primary N) is 1. The molecule has 0 aromatic heterocycles. The molecule has 0 radical (unpaired) electrons. The summed E-state index contributed by atoms with van der Waals surface area (Å²) in [5.74, 6) is 2.07. The summed E-state index contributed by atoms with van der Waals surface area (Å²) in [5.41, 5.74) is 7.11. The quantitative estimate of drug-likeness (QED) is 0.651. The van der Waals surface area contributed by atoms with Crippen LogP contribution in [0.2, 0.25) is 0 Å². The lowest BCUT2D eigenvalue weighted by Crippen LogP contribution is -2.16. The van der Waals surface area contributed by atoms with Gasteiger partial charge in [0.15, 0.2) is 11.5 Å². The third-order valence-electron chi connectivity index (χ3n) is 3.30. The number of thioether (sulfide) groups is 1. The minimum Gasteiger partial charge on any atom is -0.486 e. The van der Waals surface area contributed by atoms with E-state index in [1.807, 2.05) is 36.4 Å². The smallest absolute Gasteiger partial charge is 0.225 e. The van der Waals surface area contributed by atoms with E-state index in [2.05, 4.69) is 5.32 Å². The molecule has 1 heterocycles. The summed E-state index contributed by atoms with van der Waals surface area (Å²) in [6.07, 6.45) is 0.434. The molecule has 6 heteroatoms. The van der Waals surface area contributed by atoms with Crippen LogP contribution in [0.4, 0.5) is 11.4 Å². The Kier molecular flexibility index (Phi) is 4.92. The van der Waals surface area contributed by atoms with E-state index in [0.717, 1.165) is 16.3 Å². The van der Waals surface area contributed by atoms with Gasteiger partial charge in [0.05, 0.1) is 0 Å². The Morgan fingerprint density at radius 1 is 1.09 bits per heavy atom. The van der Waals surface area contributed by atoms with Gasteiger partial charge in [0.1, 0.15) is 13.2 Å². The molecule has 2 aromatic rings. The average molecular weight is 330 g/mol. The van der Waals surface area contributed by atoms with E-state index in [0.29, 0.717) is 36.9 Å². The zero-order valence-electron chi connectivity index (χ0n) is 12.6. The van der Waals surface area contributed by atoms with Crippen molar-refractivity contribution in [3.05, 3.63) is 42.5 Å². The largest absolute Gasteiger partial charge is 0.486 e. The number of anilines is 2. The predicted molar refractivity (Wildman–Crippen MR) is 92.3 cm³/mol. The summed E-state index contributed by atoms with van der Waals surface area (Å²) in [5, 5.41) is 2.88. The van der Waals surface area contributed by atoms with Crippen LogP contribution < -0.4 is 20.5 Å². The van der Waals surface area contributed by atoms with Crippen molar-refractivity contribution in [1.29, 1.82) is 0 Å². The van der Waals surface area contributed by atoms with Crippen LogP contribution in [-0.4, -0.2) is 24.9 Å². The van der Waals surface area contributed by atoms with Crippen molar-refractivity contribution in [2.24, 2.45) is 0 Å². The fraction of sp³-hybridized carbons (Fsp3) is 0.235. The molecule has 0 bridgehead atoms. The summed E-state index contributed by atoms with van der Waals surface area (Å²) < 4.78 is 11.0. The Morgan fingerprint density at radius 3 is 2.61 bits per heavy atom. The topological polar surface area (TPSA) is 73.6 Å². The highest BCUT2D eigenvalue weighted by Gasteiger charge is 2.12. The lowest BCUT2D eigenvalue weighted by atomic mass is 10.2. The van der Waals surface area contributed by atoms with Crippen LogP contribution in [0.3, 0.4) is 0 Å². The summed E-state index contributed by atoms with van der Waals surface area (Å²) >= 11 is 1.63. The van der Waals surface area contributed by atoms with Crippen LogP contribution in [0.25, 0.3) is 0 Å². The van der Waals surface area contributed by atoms with Crippen molar-refractivity contribution < 1.29 is 14.3 Å². The Bertz CT molecular complexity index is 689. The molecule has 0 aliphatic carbocycles. The molecular formula is C17H18N2O3S. The highest BCUT2D eigenvalue weighted by atomic mass is 32.2. The standard InChI is InChI=1S/C17H18N2O3S/c18-12-1-4-14(5-2-12)23-10-7-17(20)19-13-3-6-15-16(11-13)22-9-8-21-15/h1-6,11H,7-10,18H2,(H,19,20). The average Bonchev–Trinajstić information content (AvgIpc) is 2.56. The minimum absolute atomic E-state index is 0.0235. The second kappa shape index (κ2) is 7.28. The molecule has 0 saturated carbocycles. The fourth-order valence-electron chi connectivity index (χ4n) is 2.17. The molecule has 0 fully saturated rings. The van der Waals surface area contributed by atoms with E-state index in [-0.39, 0.29) is 5.91 Å². The fourth-order valence-corrected chi connectivity index (χ4v) is 3.02. The van der Waals surface area contributed by atoms with Gasteiger partial charge in [-0.2, -0.15) is 0 Å². The number of amides is 1. The molecule has 1 amide bonds. The lowest BCUT2D eigenvalue weighted by molar-refractivity contribution is -0.115. The number of rotatable bonds is 5. The summed E-state index contributed by atoms with van der Waals surface area (Å²) in [7, 11) is 0. The van der Waals surface area contributed by atoms with Crippen molar-refractivity contribution in [3.8, 4) is 11.5 Å². The number of nitrogens with one attached hydrogen (secondary N) is 1. The van der Waals surface area contributed by atoms with Gasteiger partial charge in [-0.25, -0.2) is 0 Å². The van der Waals surface area contributed by atoms with Gasteiger partial charge in [-0.15, -0.1) is 11.8 Å². The zero-order valence-corrected chi connectivity index (χ0v) is 13.4. The van der Waals surface area contributed by atoms with E-state index in [4.69, 9.17) is 15.2 Å². The van der Waals surface area contributed by atoms with Crippen LogP contribution >= 0.6 is 11.8 Å². The highest BCUT2D eigenvalue weighted by molar-refractivity contribution is 7.99. The zero-order chi connectivity index (χ0) is 16.1. The van der Waals surface area contributed by atoms with Gasteiger partial charge in [-0.3, -0.25) is 4.79 Å². The van der Waals surface area contributed by atoms with Gasteiger partial charge >= 0.3 is 0 Å². The summed E-state index contributed by atoms with van der Waals surface area (Å²) in [6, 6.07) is 13.1. The van der Waals surface area contributed by atoms with Crippen LogP contribution in [-0.2, 0) is 4.79 Å². The number of fused-ring (bicyclic) bond motifs is 1. The first-order chi connectivity index (χ1) is 11.2. The maximum atomic E-state index is 12.0. The molecule has 0 spiro atoms. The number of nitrogen functional groups attached to an aromatic ring is 1. The number of ether oxygens (including phenoxy) is 2. The molecule has 5 nitrogen and oxygen atoms in total. The molecule has 3 N–H and O–H groups in total. The number of hydrogen-bond donors (Lipinski definition) is 2. The predicted octanol–water partition coefficient (Wildman–Crippen LogP) is 3.16. The Hall–Kier alpha value is -2.34. The maximum absolute atomic E-state index is 12.0. The Morgan fingerprint density at radius 2 is 1.83 bits per heavy atom. The Labute approximate surface area is 139 Å². The van der Waals surface area contributed by atoms with Crippen molar-refractivity contribution in [3.63, 3.8) is 0 Å². The Balaban J connectivity index is 1.48. The van der Waals surface area contributed by atoms with E-state index in [1.165, 1.54) is 0 Å². The van der Waals surface area contributed by atoms with Crippen LogP contribution in [0.1, 0.15) is 6.42 Å². The van der Waals surface area contributed by atoms with Crippen molar-refractivity contribution >= 4 is 29.0 Å². The summed E-state index contributed by atoms with van der Waals surface area (Å²) in [6.45, 7) is 1.09. The normalized spacial score (nSPS) is 12.7. The number of benzene rings is 2. The molecule has 120 valence electrons. The van der Waals surface area contributed by atoms with Crippen molar-refractivity contribution in [1.82, 2.24) is 0 Å². The first-order valence-electron chi connectivity index (χ1n) is 7.38. The number of carbonyl (C=O) groups is 1. The molecule has 0 saturated heterocycles. The van der Waals surface area contributed by atoms with E-state index < -0.39 is 0 Å². The number of carbonyl (C=O) groups excluding carboxylic acids is 1. The van der Waals surface area contributed by atoms with Crippen LogP contribution in [0.15, 0.2) is 47.4 Å². The molecule has 2 aromatic carbocycles. The van der Waals surface area contributed by atoms with Gasteiger partial charge in [0, 0.05) is 34.5 Å². The molecule has 0 atom stereocenters. The third-order valence-corrected chi connectivity index (χ3v) is 4.32. The van der Waals surface area contributed by atoms with Gasteiger partial charge in [-0.05, 0) is 36.4 Å². The number of hydrogen-bond acceptors (Lipinski definition) is 5. The van der Waals surface area contributed by atoms with E-state index in [9.17, 15) is 4.79 Å². The molecular weight excluding hydrogens is 312 g/mol. The second-order valence-electron chi connectivity index (χ2n) is 5.07. The molecule has 1 aliphatic heterocycles. The van der Waals surface area contributed by atoms with Gasteiger partial charge in [0.25, 0.3) is 0 Å². The first-order valence-corrected chi connectivity index (χ1v) is 8.37. The SMILES string of the molecule is Nc1ccc(SCCC(=O)Nc2ccc3c(c2)OCCO3)cc1. The van der Waals surface area contributed by atoms with Crippen molar-refractivity contribution in [2.45, 2.75) is 11.3 Å². The first kappa shape index (κ1) is 15.6. The highest BCUT2D eigenvalue weighted by Crippen LogP contribution is 2.32. The monoisotopic (exact) mass is 330 g/mol. The van der Waals surface area contributed by atoms with Crippen LogP contribution in [0, 0.1) is 0 Å². The van der Waals surface area contributed by atoms with Crippen LogP contribution in [0.5, 0.6) is 11.5 Å². The van der Waals surface area contributed by atoms with Gasteiger partial charge in [0.2, 0.25) is 5.91 Å². The van der Waals surface area contributed by atoms with Gasteiger partial charge in [-0.1, -0.05) is 0 Å². The van der Waals surface area contributed by atoms with E-state index >= 15 is 0 Å². The summed E-state index contributed by atoms with van der Waals surface area (Å²) in [4.78, 5) is 13.1. The van der Waals surface area contributed by atoms with Crippen molar-refractivity contribution in [2.75, 3.05) is 30.0 Å². The molecule has 23 heavy (non-hydrogen) atoms. The lowest BCUT2D eigenvalue weighted by Gasteiger charge is -2.19.